The molecule has 0 aromatic heterocycles. The second-order valence-electron chi connectivity index (χ2n) is 7.33. The van der Waals surface area contributed by atoms with Gasteiger partial charge in [0.25, 0.3) is 0 Å². The van der Waals surface area contributed by atoms with Crippen LogP contribution in [0.3, 0.4) is 0 Å². The Bertz CT molecular complexity index is 1340. The predicted molar refractivity (Wildman–Crippen MR) is 135 cm³/mol. The van der Waals surface area contributed by atoms with Gasteiger partial charge in [-0.2, -0.15) is 0 Å². The Morgan fingerprint density at radius 3 is 1.31 bits per heavy atom. The molecular weight excluding hydrogens is 438 g/mol. The lowest BCUT2D eigenvalue weighted by Gasteiger charge is -2.14. The average molecular weight is 457 g/mol. The summed E-state index contributed by atoms with van der Waals surface area (Å²) in [6, 6.07) is 27.0. The van der Waals surface area contributed by atoms with Crippen molar-refractivity contribution in [2.24, 2.45) is 0 Å². The Hall–Kier alpha value is -5.26. The number of para-hydroxylation sites is 2. The number of benzene rings is 4. The van der Waals surface area contributed by atoms with Crippen molar-refractivity contribution < 1.29 is 19.1 Å². The lowest BCUT2D eigenvalue weighted by molar-refractivity contribution is 0.0727. The van der Waals surface area contributed by atoms with Crippen LogP contribution < -0.4 is 14.8 Å². The van der Waals surface area contributed by atoms with Crippen LogP contribution in [-0.4, -0.2) is 11.9 Å². The highest BCUT2D eigenvalue weighted by Crippen LogP contribution is 2.26. The molecule has 0 saturated carbocycles. The van der Waals surface area contributed by atoms with E-state index in [1.807, 2.05) is 0 Å². The largest absolute Gasteiger partial charge is 0.423 e. The molecule has 0 radical (unpaired) electrons. The number of ether oxygens (including phenoxy) is 2. The second-order valence-corrected chi connectivity index (χ2v) is 7.33. The SMILES string of the molecule is C#Cc1ccc(OC(=O)c2ccccc2Nc2ccccc2C(=O)Oc2ccc(C#C)cc2)cc1. The van der Waals surface area contributed by atoms with Gasteiger partial charge in [-0.25, -0.2) is 9.59 Å². The standard InChI is InChI=1S/C30H19NO4/c1-3-21-13-17-23(18-14-21)34-29(32)25-9-5-7-11-27(25)31-28-12-8-6-10-26(28)30(33)35-24-19-15-22(4-2)16-20-24/h1-2,5-20,31H. The van der Waals surface area contributed by atoms with Gasteiger partial charge in [-0.3, -0.25) is 0 Å². The van der Waals surface area contributed by atoms with Crippen molar-refractivity contribution in [2.75, 3.05) is 5.32 Å². The molecule has 1 N–H and O–H groups in total. The van der Waals surface area contributed by atoms with Crippen LogP contribution in [0, 0.1) is 24.7 Å². The van der Waals surface area contributed by atoms with Gasteiger partial charge in [0.15, 0.2) is 0 Å². The van der Waals surface area contributed by atoms with Crippen molar-refractivity contribution in [1.29, 1.82) is 0 Å². The third-order valence-electron chi connectivity index (χ3n) is 5.03. The Kier molecular flexibility index (Phi) is 6.92. The molecule has 168 valence electrons. The van der Waals surface area contributed by atoms with E-state index in [1.165, 1.54) is 0 Å². The number of anilines is 2. The molecule has 0 saturated heterocycles. The number of carbonyl (C=O) groups excluding carboxylic acids is 2. The van der Waals surface area contributed by atoms with Gasteiger partial charge in [-0.1, -0.05) is 36.1 Å². The summed E-state index contributed by atoms with van der Waals surface area (Å²) < 4.78 is 11.0. The van der Waals surface area contributed by atoms with E-state index in [-0.39, 0.29) is 0 Å². The zero-order chi connectivity index (χ0) is 24.6. The number of nitrogens with one attached hydrogen (secondary N) is 1. The highest BCUT2D eigenvalue weighted by Gasteiger charge is 2.18. The fourth-order valence-electron chi connectivity index (χ4n) is 3.25. The van der Waals surface area contributed by atoms with Crippen molar-refractivity contribution in [1.82, 2.24) is 0 Å². The summed E-state index contributed by atoms with van der Waals surface area (Å²) in [7, 11) is 0. The highest BCUT2D eigenvalue weighted by molar-refractivity contribution is 6.01. The molecule has 0 aliphatic rings. The van der Waals surface area contributed by atoms with Crippen molar-refractivity contribution in [3.8, 4) is 36.2 Å². The Morgan fingerprint density at radius 1 is 0.571 bits per heavy atom. The summed E-state index contributed by atoms with van der Waals surface area (Å²) in [6.45, 7) is 0. The molecule has 0 spiro atoms. The lowest BCUT2D eigenvalue weighted by Crippen LogP contribution is -2.13. The molecule has 5 nitrogen and oxygen atoms in total. The molecule has 0 fully saturated rings. The minimum atomic E-state index is -0.560. The first kappa shape index (κ1) is 22.9. The van der Waals surface area contributed by atoms with Crippen LogP contribution in [0.1, 0.15) is 31.8 Å². The number of terminal acetylenes is 2. The molecular formula is C30H19NO4. The maximum absolute atomic E-state index is 12.9. The fraction of sp³-hybridized carbons (Fsp3) is 0. The third-order valence-corrected chi connectivity index (χ3v) is 5.03. The van der Waals surface area contributed by atoms with Gasteiger partial charge < -0.3 is 14.8 Å². The second kappa shape index (κ2) is 10.6. The molecule has 4 aromatic rings. The van der Waals surface area contributed by atoms with Crippen LogP contribution in [0.4, 0.5) is 11.4 Å². The smallest absolute Gasteiger partial charge is 0.345 e. The quantitative estimate of drug-likeness (QED) is 0.224. The molecule has 4 aromatic carbocycles. The van der Waals surface area contributed by atoms with Crippen LogP contribution in [0.25, 0.3) is 0 Å². The maximum atomic E-state index is 12.9. The zero-order valence-electron chi connectivity index (χ0n) is 18.5. The number of hydrogen-bond donors (Lipinski definition) is 1. The molecule has 35 heavy (non-hydrogen) atoms. The van der Waals surface area contributed by atoms with Crippen LogP contribution in [0.5, 0.6) is 11.5 Å². The van der Waals surface area contributed by atoms with Gasteiger partial charge in [0.05, 0.1) is 22.5 Å². The lowest BCUT2D eigenvalue weighted by atomic mass is 10.1. The fourth-order valence-corrected chi connectivity index (χ4v) is 3.25. The molecule has 0 heterocycles. The Morgan fingerprint density at radius 2 is 0.943 bits per heavy atom. The predicted octanol–water partition coefficient (Wildman–Crippen LogP) is 5.83. The van der Waals surface area contributed by atoms with E-state index >= 15 is 0 Å². The van der Waals surface area contributed by atoms with Crippen LogP contribution in [0.15, 0.2) is 97.1 Å². The van der Waals surface area contributed by atoms with Gasteiger partial charge in [0.2, 0.25) is 0 Å². The summed E-state index contributed by atoms with van der Waals surface area (Å²) in [4.78, 5) is 25.8. The van der Waals surface area contributed by atoms with Gasteiger partial charge in [0.1, 0.15) is 11.5 Å². The molecule has 0 unspecified atom stereocenters. The number of rotatable bonds is 6. The van der Waals surface area contributed by atoms with Crippen LogP contribution in [0.2, 0.25) is 0 Å². The number of carbonyl (C=O) groups is 2. The maximum Gasteiger partial charge on any atom is 0.345 e. The summed E-state index contributed by atoms with van der Waals surface area (Å²) in [5, 5.41) is 3.16. The number of hydrogen-bond acceptors (Lipinski definition) is 5. The van der Waals surface area contributed by atoms with Crippen molar-refractivity contribution in [2.45, 2.75) is 0 Å². The first-order chi connectivity index (χ1) is 17.1. The third kappa shape index (κ3) is 5.57. The van der Waals surface area contributed by atoms with Crippen LogP contribution >= 0.6 is 0 Å². The molecule has 0 atom stereocenters. The first-order valence-electron chi connectivity index (χ1n) is 10.6. The summed E-state index contributed by atoms with van der Waals surface area (Å²) in [6.07, 6.45) is 10.7. The van der Waals surface area contributed by atoms with E-state index in [9.17, 15) is 9.59 Å². The van der Waals surface area contributed by atoms with Gasteiger partial charge in [-0.15, -0.1) is 12.8 Å². The van der Waals surface area contributed by atoms with E-state index in [0.29, 0.717) is 45.1 Å². The van der Waals surface area contributed by atoms with Crippen molar-refractivity contribution in [3.05, 3.63) is 119 Å². The van der Waals surface area contributed by atoms with Gasteiger partial charge >= 0.3 is 11.9 Å². The van der Waals surface area contributed by atoms with E-state index in [2.05, 4.69) is 17.2 Å². The van der Waals surface area contributed by atoms with Crippen molar-refractivity contribution in [3.63, 3.8) is 0 Å². The monoisotopic (exact) mass is 457 g/mol. The Balaban J connectivity index is 1.55. The highest BCUT2D eigenvalue weighted by atomic mass is 16.5. The molecule has 0 bridgehead atoms. The van der Waals surface area contributed by atoms with E-state index < -0.39 is 11.9 Å². The summed E-state index contributed by atoms with van der Waals surface area (Å²) in [5.74, 6) is 4.64. The van der Waals surface area contributed by atoms with E-state index in [0.717, 1.165) is 0 Å². The topological polar surface area (TPSA) is 64.6 Å². The molecule has 0 amide bonds. The Labute approximate surface area is 203 Å². The minimum Gasteiger partial charge on any atom is -0.423 e. The van der Waals surface area contributed by atoms with E-state index in [1.54, 1.807) is 97.1 Å². The molecule has 0 aliphatic heterocycles. The first-order valence-corrected chi connectivity index (χ1v) is 10.6. The average Bonchev–Trinajstić information content (AvgIpc) is 2.90. The van der Waals surface area contributed by atoms with Gasteiger partial charge in [0, 0.05) is 11.1 Å². The summed E-state index contributed by atoms with van der Waals surface area (Å²) in [5.41, 5.74) is 2.89. The van der Waals surface area contributed by atoms with Crippen LogP contribution in [-0.2, 0) is 0 Å². The minimum absolute atomic E-state index is 0.293. The zero-order valence-corrected chi connectivity index (χ0v) is 18.5. The number of esters is 2. The normalized spacial score (nSPS) is 9.89. The van der Waals surface area contributed by atoms with Crippen molar-refractivity contribution >= 4 is 23.3 Å². The molecule has 0 aliphatic carbocycles. The van der Waals surface area contributed by atoms with Gasteiger partial charge in [-0.05, 0) is 72.8 Å². The summed E-state index contributed by atoms with van der Waals surface area (Å²) >= 11 is 0. The van der Waals surface area contributed by atoms with E-state index in [4.69, 9.17) is 22.3 Å². The molecule has 4 rings (SSSR count). The molecule has 5 heteroatoms.